The molecule has 1 N–H and O–H groups in total. The summed E-state index contributed by atoms with van der Waals surface area (Å²) in [7, 11) is -4.66. The lowest BCUT2D eigenvalue weighted by Crippen LogP contribution is -2.54. The summed E-state index contributed by atoms with van der Waals surface area (Å²) in [5.74, 6) is -3.17. The second-order valence-corrected chi connectivity index (χ2v) is 16.3. The predicted octanol–water partition coefficient (Wildman–Crippen LogP) is 8.42. The number of aliphatic carboxylic acids is 1. The van der Waals surface area contributed by atoms with Crippen molar-refractivity contribution < 1.29 is 58.2 Å². The van der Waals surface area contributed by atoms with E-state index in [0.29, 0.717) is 25.0 Å². The number of sulfone groups is 1. The lowest BCUT2D eigenvalue weighted by molar-refractivity contribution is -0.348. The first-order valence-corrected chi connectivity index (χ1v) is 18.2. The van der Waals surface area contributed by atoms with Gasteiger partial charge in [0.05, 0.1) is 16.9 Å². The molecule has 2 aromatic carbocycles. The maximum atomic E-state index is 15.2. The van der Waals surface area contributed by atoms with Crippen molar-refractivity contribution >= 4 is 21.7 Å². The number of halogens is 8. The van der Waals surface area contributed by atoms with E-state index >= 15 is 4.39 Å². The van der Waals surface area contributed by atoms with E-state index in [1.54, 1.807) is 6.92 Å². The second-order valence-electron chi connectivity index (χ2n) is 14.1. The van der Waals surface area contributed by atoms with Gasteiger partial charge in [0.15, 0.2) is 9.84 Å². The summed E-state index contributed by atoms with van der Waals surface area (Å²) in [6.45, 7) is 3.56. The molecule has 5 atom stereocenters. The van der Waals surface area contributed by atoms with Crippen LogP contribution in [-0.2, 0) is 36.3 Å². The molecule has 5 rings (SSSR count). The Bertz CT molecular complexity index is 1710. The number of carboxylic acid groups (broad SMARTS) is 1. The minimum atomic E-state index is -6.38. The maximum Gasteiger partial charge on any atom is 0.435 e. The SMILES string of the molecule is CCCC[C@]1(C(=O)N2CC[C@]3(S(=O)(=O)c4ccc(F)cc4)c4ccc(C(F)(C(F)(F)F)C(F)(F)F)cc4CCC[C@H]23)CC[C@@H](C(=O)O)[C@@H](C)C1. The standard InChI is InChI=1S/C35H39F8NO5S/c1-3-4-15-31(16-14-26(29(45)46)21(2)20-31)30(47)44-18-17-32(50(48,49)25-11-9-24(36)10-12-25)27-13-8-23(19-22(27)6-5-7-28(32)44)33(37,34(38,39)40)35(41,42)43/h8-13,19,21,26,28H,3-7,14-18,20H2,1-2H3,(H,45,46)/t21-,26+,28-,31-,32-/m0/s1. The van der Waals surface area contributed by atoms with Gasteiger partial charge in [-0.05, 0) is 92.7 Å². The number of aryl methyl sites for hydroxylation is 1. The van der Waals surface area contributed by atoms with Crippen molar-refractivity contribution in [2.75, 3.05) is 6.54 Å². The van der Waals surface area contributed by atoms with Crippen molar-refractivity contribution in [1.82, 2.24) is 4.90 Å². The molecule has 0 radical (unpaired) electrons. The Balaban J connectivity index is 1.69. The van der Waals surface area contributed by atoms with Gasteiger partial charge >= 0.3 is 24.0 Å². The monoisotopic (exact) mass is 737 g/mol. The van der Waals surface area contributed by atoms with Crippen molar-refractivity contribution in [2.45, 2.75) is 112 Å². The van der Waals surface area contributed by atoms with Crippen LogP contribution in [0.4, 0.5) is 35.1 Å². The van der Waals surface area contributed by atoms with Gasteiger partial charge in [-0.15, -0.1) is 0 Å². The number of nitrogens with zero attached hydrogens (tertiary/aromatic N) is 1. The van der Waals surface area contributed by atoms with Crippen LogP contribution in [0.15, 0.2) is 47.4 Å². The van der Waals surface area contributed by atoms with Crippen LogP contribution in [0.2, 0.25) is 0 Å². The smallest absolute Gasteiger partial charge is 0.435 e. The number of hydrogen-bond acceptors (Lipinski definition) is 4. The number of unbranched alkanes of at least 4 members (excludes halogenated alkanes) is 1. The number of hydrogen-bond donors (Lipinski definition) is 1. The highest BCUT2D eigenvalue weighted by Crippen LogP contribution is 2.57. The Morgan fingerprint density at radius 3 is 2.16 bits per heavy atom. The van der Waals surface area contributed by atoms with Crippen LogP contribution in [0.5, 0.6) is 0 Å². The number of carboxylic acids is 1. The molecule has 2 aliphatic carbocycles. The molecule has 1 saturated heterocycles. The first kappa shape index (κ1) is 38.0. The second kappa shape index (κ2) is 13.1. The molecular formula is C35H39F8NO5S. The summed E-state index contributed by atoms with van der Waals surface area (Å²) in [6.07, 6.45) is -10.8. The van der Waals surface area contributed by atoms with Crippen LogP contribution < -0.4 is 0 Å². The fourth-order valence-electron chi connectivity index (χ4n) is 8.78. The van der Waals surface area contributed by atoms with E-state index < -0.39 is 67.3 Å². The van der Waals surface area contributed by atoms with Gasteiger partial charge in [0, 0.05) is 17.5 Å². The van der Waals surface area contributed by atoms with Crippen molar-refractivity contribution in [1.29, 1.82) is 0 Å². The normalized spacial score (nSPS) is 27.7. The lowest BCUT2D eigenvalue weighted by Gasteiger charge is -2.46. The van der Waals surface area contributed by atoms with Gasteiger partial charge < -0.3 is 10.0 Å². The zero-order valence-electron chi connectivity index (χ0n) is 27.5. The van der Waals surface area contributed by atoms with E-state index in [0.717, 1.165) is 36.8 Å². The molecule has 6 nitrogen and oxygen atoms in total. The van der Waals surface area contributed by atoms with Gasteiger partial charge in [0.2, 0.25) is 5.91 Å². The third-order valence-corrected chi connectivity index (χ3v) is 13.8. The summed E-state index contributed by atoms with van der Waals surface area (Å²) in [5.41, 5.74) is -8.86. The molecule has 276 valence electrons. The highest BCUT2D eigenvalue weighted by atomic mass is 32.2. The molecule has 0 unspecified atom stereocenters. The zero-order valence-corrected chi connectivity index (χ0v) is 28.3. The van der Waals surface area contributed by atoms with Gasteiger partial charge in [-0.25, -0.2) is 17.2 Å². The number of amides is 1. The van der Waals surface area contributed by atoms with Crippen molar-refractivity contribution in [3.63, 3.8) is 0 Å². The van der Waals surface area contributed by atoms with Crippen molar-refractivity contribution in [3.8, 4) is 0 Å². The third-order valence-electron chi connectivity index (χ3n) is 11.3. The number of carbonyl (C=O) groups excluding carboxylic acids is 1. The topological polar surface area (TPSA) is 91.8 Å². The predicted molar refractivity (Wildman–Crippen MR) is 166 cm³/mol. The maximum absolute atomic E-state index is 15.2. The summed E-state index contributed by atoms with van der Waals surface area (Å²) < 4.78 is 139. The van der Waals surface area contributed by atoms with Crippen LogP contribution in [-0.4, -0.2) is 55.2 Å². The van der Waals surface area contributed by atoms with Crippen LogP contribution in [0.3, 0.4) is 0 Å². The van der Waals surface area contributed by atoms with Crippen LogP contribution >= 0.6 is 0 Å². The number of benzene rings is 2. The summed E-state index contributed by atoms with van der Waals surface area (Å²) >= 11 is 0. The number of likely N-dealkylation sites (tertiary alicyclic amines) is 1. The molecule has 0 aromatic heterocycles. The molecule has 1 aliphatic heterocycles. The molecule has 2 aromatic rings. The Labute approximate surface area is 285 Å². The zero-order chi connectivity index (χ0) is 37.1. The van der Waals surface area contributed by atoms with Crippen LogP contribution in [0.25, 0.3) is 0 Å². The van der Waals surface area contributed by atoms with Crippen LogP contribution in [0, 0.1) is 23.1 Å². The average Bonchev–Trinajstić information content (AvgIpc) is 3.34. The van der Waals surface area contributed by atoms with Gasteiger partial charge in [-0.2, -0.15) is 26.3 Å². The molecule has 0 spiro atoms. The Morgan fingerprint density at radius 2 is 1.60 bits per heavy atom. The highest BCUT2D eigenvalue weighted by molar-refractivity contribution is 7.92. The van der Waals surface area contributed by atoms with Crippen molar-refractivity contribution in [3.05, 3.63) is 65.0 Å². The summed E-state index contributed by atoms with van der Waals surface area (Å²) in [5, 5.41) is 9.76. The van der Waals surface area contributed by atoms with E-state index in [1.807, 2.05) is 6.92 Å². The Morgan fingerprint density at radius 1 is 0.960 bits per heavy atom. The minimum absolute atomic E-state index is 0.00729. The molecule has 0 bridgehead atoms. The Kier molecular flexibility index (Phi) is 9.94. The fourth-order valence-corrected chi connectivity index (χ4v) is 11.1. The van der Waals surface area contributed by atoms with Gasteiger partial charge in [-0.3, -0.25) is 9.59 Å². The van der Waals surface area contributed by atoms with Gasteiger partial charge in [0.25, 0.3) is 0 Å². The minimum Gasteiger partial charge on any atom is -0.481 e. The van der Waals surface area contributed by atoms with E-state index in [4.69, 9.17) is 0 Å². The van der Waals surface area contributed by atoms with Crippen LogP contribution in [0.1, 0.15) is 88.3 Å². The first-order valence-electron chi connectivity index (χ1n) is 16.7. The number of rotatable bonds is 8. The number of carbonyl (C=O) groups is 2. The van der Waals surface area contributed by atoms with E-state index in [-0.39, 0.29) is 79.3 Å². The highest BCUT2D eigenvalue weighted by Gasteiger charge is 2.74. The van der Waals surface area contributed by atoms with Crippen molar-refractivity contribution in [2.24, 2.45) is 17.3 Å². The molecule has 2 fully saturated rings. The summed E-state index contributed by atoms with van der Waals surface area (Å²) in [6, 6.07) is 4.25. The Hall–Kier alpha value is -3.23. The number of alkyl halides is 7. The number of fused-ring (bicyclic) bond motifs is 3. The molecule has 15 heteroatoms. The molecule has 1 saturated carbocycles. The van der Waals surface area contributed by atoms with E-state index in [2.05, 4.69) is 0 Å². The lowest BCUT2D eigenvalue weighted by atomic mass is 9.63. The largest absolute Gasteiger partial charge is 0.481 e. The van der Waals surface area contributed by atoms with E-state index in [1.165, 1.54) is 4.90 Å². The fraction of sp³-hybridized carbons (Fsp3) is 0.600. The third kappa shape index (κ3) is 5.88. The summed E-state index contributed by atoms with van der Waals surface area (Å²) in [4.78, 5) is 27.8. The molecular weight excluding hydrogens is 698 g/mol. The first-order chi connectivity index (χ1) is 23.2. The van der Waals surface area contributed by atoms with E-state index in [9.17, 15) is 53.8 Å². The molecule has 50 heavy (non-hydrogen) atoms. The quantitative estimate of drug-likeness (QED) is 0.217. The molecule has 1 heterocycles. The van der Waals surface area contributed by atoms with Gasteiger partial charge in [-0.1, -0.05) is 44.9 Å². The van der Waals surface area contributed by atoms with Gasteiger partial charge in [0.1, 0.15) is 10.6 Å². The average molecular weight is 738 g/mol. The molecule has 3 aliphatic rings. The molecule has 1 amide bonds.